The number of amides is 2. The zero-order valence-corrected chi connectivity index (χ0v) is 27.1. The first-order valence-electron chi connectivity index (χ1n) is 16.4. The monoisotopic (exact) mass is 634 g/mol. The summed E-state index contributed by atoms with van der Waals surface area (Å²) in [7, 11) is 1.88. The lowest BCUT2D eigenvalue weighted by molar-refractivity contribution is 0.156. The minimum atomic E-state index is -0.179. The molecule has 2 N–H and O–H groups in total. The van der Waals surface area contributed by atoms with Gasteiger partial charge >= 0.3 is 6.03 Å². The van der Waals surface area contributed by atoms with Gasteiger partial charge in [0.1, 0.15) is 17.5 Å². The molecule has 0 aliphatic carbocycles. The lowest BCUT2D eigenvalue weighted by Crippen LogP contribution is -2.61. The summed E-state index contributed by atoms with van der Waals surface area (Å²) >= 11 is 0. The Morgan fingerprint density at radius 3 is 2.64 bits per heavy atom. The summed E-state index contributed by atoms with van der Waals surface area (Å²) in [4.78, 5) is 31.8. The molecule has 2 aliphatic rings. The van der Waals surface area contributed by atoms with Gasteiger partial charge in [0.05, 0.1) is 24.5 Å². The van der Waals surface area contributed by atoms with Gasteiger partial charge in [-0.3, -0.25) is 9.58 Å². The van der Waals surface area contributed by atoms with Gasteiger partial charge in [-0.05, 0) is 49.8 Å². The lowest BCUT2D eigenvalue weighted by atomic mass is 9.83. The molecule has 0 bridgehead atoms. The molecule has 1 spiro atoms. The van der Waals surface area contributed by atoms with Crippen molar-refractivity contribution in [2.45, 2.75) is 63.6 Å². The topological polar surface area (TPSA) is 137 Å². The Labute approximate surface area is 275 Å². The number of nitrogens with zero attached hydrogens (tertiary/aromatic N) is 8. The molecule has 3 aromatic heterocycles. The van der Waals surface area contributed by atoms with Crippen molar-refractivity contribution in [2.75, 3.05) is 41.4 Å². The number of hydrogen-bond donors (Lipinski definition) is 2. The Morgan fingerprint density at radius 1 is 1.11 bits per heavy atom. The van der Waals surface area contributed by atoms with Gasteiger partial charge in [0.2, 0.25) is 5.95 Å². The van der Waals surface area contributed by atoms with Crippen LogP contribution in [0.1, 0.15) is 56.6 Å². The van der Waals surface area contributed by atoms with Crippen molar-refractivity contribution in [2.24, 2.45) is 7.05 Å². The van der Waals surface area contributed by atoms with Crippen molar-refractivity contribution < 1.29 is 9.53 Å². The fraction of sp³-hybridized carbons (Fsp3) is 0.429. The van der Waals surface area contributed by atoms with Crippen molar-refractivity contribution in [1.82, 2.24) is 30.0 Å². The molecule has 12 heteroatoms. The molecule has 12 nitrogen and oxygen atoms in total. The number of aromatic nitrogens is 5. The van der Waals surface area contributed by atoms with E-state index in [2.05, 4.69) is 38.6 Å². The molecule has 5 heterocycles. The van der Waals surface area contributed by atoms with Crippen LogP contribution >= 0.6 is 0 Å². The van der Waals surface area contributed by atoms with Gasteiger partial charge in [-0.25, -0.2) is 14.8 Å². The van der Waals surface area contributed by atoms with E-state index in [9.17, 15) is 10.1 Å². The predicted molar refractivity (Wildman–Crippen MR) is 181 cm³/mol. The maximum atomic E-state index is 13.8. The summed E-state index contributed by atoms with van der Waals surface area (Å²) in [6.45, 7) is 5.43. The number of carbonyl (C=O) groups is 1. The number of carbonyl (C=O) groups excluding carboxylic acids is 1. The Morgan fingerprint density at radius 2 is 1.98 bits per heavy atom. The number of pyridine rings is 1. The second-order valence-corrected chi connectivity index (χ2v) is 12.3. The zero-order valence-electron chi connectivity index (χ0n) is 27.1. The molecule has 244 valence electrons. The smallest absolute Gasteiger partial charge is 0.323 e. The number of hydrogen-bond acceptors (Lipinski definition) is 9. The largest absolute Gasteiger partial charge is 0.379 e. The van der Waals surface area contributed by atoms with Gasteiger partial charge in [-0.1, -0.05) is 43.7 Å². The number of nitrogens with one attached hydrogen (secondary N) is 2. The fourth-order valence-electron chi connectivity index (χ4n) is 6.48. The first-order chi connectivity index (χ1) is 23.0. The molecular formula is C35H42N10O2. The molecule has 2 aliphatic heterocycles. The average Bonchev–Trinajstić information content (AvgIpc) is 3.78. The van der Waals surface area contributed by atoms with E-state index in [-0.39, 0.29) is 17.6 Å². The van der Waals surface area contributed by atoms with Crippen LogP contribution in [0, 0.1) is 11.3 Å². The summed E-state index contributed by atoms with van der Waals surface area (Å²) in [6.07, 6.45) is 12.4. The second kappa shape index (κ2) is 14.6. The van der Waals surface area contributed by atoms with Crippen LogP contribution in [0.3, 0.4) is 0 Å². The number of anilines is 3. The van der Waals surface area contributed by atoms with E-state index in [0.29, 0.717) is 42.8 Å². The number of aryl methyl sites for hydroxylation is 1. The molecule has 47 heavy (non-hydrogen) atoms. The molecular weight excluding hydrogens is 592 g/mol. The number of urea groups is 1. The number of rotatable bonds is 13. The van der Waals surface area contributed by atoms with Gasteiger partial charge in [-0.2, -0.15) is 15.3 Å². The maximum Gasteiger partial charge on any atom is 0.323 e. The summed E-state index contributed by atoms with van der Waals surface area (Å²) in [6, 6.07) is 15.8. The van der Waals surface area contributed by atoms with E-state index >= 15 is 0 Å². The highest BCUT2D eigenvalue weighted by molar-refractivity contribution is 5.91. The van der Waals surface area contributed by atoms with Crippen LogP contribution in [-0.4, -0.2) is 68.6 Å². The number of ether oxygens (including phenoxy) is 1. The van der Waals surface area contributed by atoms with Gasteiger partial charge in [0.15, 0.2) is 5.82 Å². The van der Waals surface area contributed by atoms with Gasteiger partial charge < -0.3 is 20.3 Å². The van der Waals surface area contributed by atoms with Crippen molar-refractivity contribution >= 4 is 23.6 Å². The quantitative estimate of drug-likeness (QED) is 0.188. The molecule has 0 saturated carbocycles. The van der Waals surface area contributed by atoms with Crippen LogP contribution < -0.4 is 20.4 Å². The van der Waals surface area contributed by atoms with Crippen LogP contribution in [0.15, 0.2) is 67.3 Å². The van der Waals surface area contributed by atoms with Crippen molar-refractivity contribution in [3.8, 4) is 17.2 Å². The molecule has 2 atom stereocenters. The van der Waals surface area contributed by atoms with E-state index in [0.717, 1.165) is 68.4 Å². The van der Waals surface area contributed by atoms with Crippen molar-refractivity contribution in [1.29, 1.82) is 5.26 Å². The third-order valence-electron chi connectivity index (χ3n) is 9.12. The summed E-state index contributed by atoms with van der Waals surface area (Å²) < 4.78 is 7.45. The number of benzene rings is 1. The molecule has 1 unspecified atom stereocenters. The molecule has 0 radical (unpaired) electrons. The van der Waals surface area contributed by atoms with Crippen LogP contribution in [0.2, 0.25) is 0 Å². The fourth-order valence-corrected chi connectivity index (χ4v) is 6.48. The first kappa shape index (κ1) is 31.9. The van der Waals surface area contributed by atoms with E-state index in [1.165, 1.54) is 0 Å². The van der Waals surface area contributed by atoms with E-state index in [1.54, 1.807) is 23.3 Å². The minimum absolute atomic E-state index is 0.0562. The molecule has 4 aromatic rings. The van der Waals surface area contributed by atoms with Crippen molar-refractivity contribution in [3.63, 3.8) is 0 Å². The molecule has 2 fully saturated rings. The van der Waals surface area contributed by atoms with Gasteiger partial charge in [0, 0.05) is 62.9 Å². The van der Waals surface area contributed by atoms with E-state index < -0.39 is 0 Å². The SMILES string of the molecule is CCC[C@@H](CCCNc1ncc(C#N)c(N2CCC23CCOC3)n1)N(C(=O)NCc1ccccc1)c1ccc(-c2cnn(C)c2)cn1. The van der Waals surface area contributed by atoms with Crippen molar-refractivity contribution in [3.05, 3.63) is 78.4 Å². The third-order valence-corrected chi connectivity index (χ3v) is 9.12. The predicted octanol–water partition coefficient (Wildman–Crippen LogP) is 5.29. The standard InChI is InChI=1S/C35H42N10O2/c1-3-8-30(11-7-16-37-33-39-22-28(19-36)32(42-33)44-17-14-35(44)15-18-47-25-35)45(34(46)40-20-26-9-5-4-6-10-26)31-13-12-27(21-38-31)29-23-41-43(2)24-29/h4-6,9-10,12-13,21-24,30H,3,7-8,11,14-18,20,25H2,1-2H3,(H,40,46)(H,37,39,42)/t30-,35?/m0/s1. The Kier molecular flexibility index (Phi) is 9.92. The Hall–Kier alpha value is -5.02. The van der Waals surface area contributed by atoms with Crippen LogP contribution in [0.5, 0.6) is 0 Å². The highest BCUT2D eigenvalue weighted by Gasteiger charge is 2.49. The van der Waals surface area contributed by atoms with Crippen LogP contribution in [0.25, 0.3) is 11.1 Å². The summed E-state index contributed by atoms with van der Waals surface area (Å²) in [5.41, 5.74) is 3.36. The van der Waals surface area contributed by atoms with Gasteiger partial charge in [0.25, 0.3) is 0 Å². The van der Waals surface area contributed by atoms with E-state index in [1.807, 2.05) is 60.6 Å². The van der Waals surface area contributed by atoms with Crippen LogP contribution in [0.4, 0.5) is 22.4 Å². The Bertz CT molecular complexity index is 1680. The zero-order chi connectivity index (χ0) is 32.6. The summed E-state index contributed by atoms with van der Waals surface area (Å²) in [5, 5.41) is 20.5. The minimum Gasteiger partial charge on any atom is -0.379 e. The molecule has 2 saturated heterocycles. The maximum absolute atomic E-state index is 13.8. The normalized spacial score (nSPS) is 17.6. The summed E-state index contributed by atoms with van der Waals surface area (Å²) in [5.74, 6) is 1.78. The number of nitriles is 1. The molecule has 1 aromatic carbocycles. The molecule has 6 rings (SSSR count). The lowest BCUT2D eigenvalue weighted by Gasteiger charge is -2.50. The Balaban J connectivity index is 1.15. The second-order valence-electron chi connectivity index (χ2n) is 12.3. The highest BCUT2D eigenvalue weighted by Crippen LogP contribution is 2.42. The van der Waals surface area contributed by atoms with Gasteiger partial charge in [-0.15, -0.1) is 0 Å². The molecule has 2 amide bonds. The first-order valence-corrected chi connectivity index (χ1v) is 16.4. The highest BCUT2D eigenvalue weighted by atomic mass is 16.5. The van der Waals surface area contributed by atoms with E-state index in [4.69, 9.17) is 14.7 Å². The average molecular weight is 635 g/mol. The van der Waals surface area contributed by atoms with Crippen LogP contribution in [-0.2, 0) is 18.3 Å². The third kappa shape index (κ3) is 7.20.